The van der Waals surface area contributed by atoms with Gasteiger partial charge in [-0.05, 0) is 42.5 Å². The summed E-state index contributed by atoms with van der Waals surface area (Å²) in [4.78, 5) is 40.8. The molecule has 0 aromatic heterocycles. The number of aryl methyl sites for hydroxylation is 2. The average molecular weight is 562 g/mol. The van der Waals surface area contributed by atoms with E-state index in [1.54, 1.807) is 0 Å². The van der Waals surface area contributed by atoms with Crippen LogP contribution >= 0.6 is 11.8 Å². The van der Waals surface area contributed by atoms with Crippen molar-refractivity contribution >= 4 is 29.5 Å². The minimum atomic E-state index is -1.55. The molecule has 9 heteroatoms. The highest BCUT2D eigenvalue weighted by Crippen LogP contribution is 2.24. The Morgan fingerprint density at radius 2 is 1.57 bits per heavy atom. The SMILES string of the molecule is Cc1cccc(C)c1OCC(=O)N[C@@H](Cc1ccccc1)[C@H](O)C(=O)N1CSC[C@H]1C(=O)NCc1ccccc1. The molecular weight excluding hydrogens is 526 g/mol. The third kappa shape index (κ3) is 7.64. The third-order valence-corrected chi connectivity index (χ3v) is 7.83. The van der Waals surface area contributed by atoms with Crippen molar-refractivity contribution in [2.24, 2.45) is 0 Å². The van der Waals surface area contributed by atoms with Gasteiger partial charge in [0.2, 0.25) is 5.91 Å². The van der Waals surface area contributed by atoms with Gasteiger partial charge in [-0.1, -0.05) is 78.9 Å². The summed E-state index contributed by atoms with van der Waals surface area (Å²) in [6.45, 7) is 3.89. The lowest BCUT2D eigenvalue weighted by Gasteiger charge is -2.30. The summed E-state index contributed by atoms with van der Waals surface area (Å²) >= 11 is 1.45. The van der Waals surface area contributed by atoms with Crippen LogP contribution < -0.4 is 15.4 Å². The van der Waals surface area contributed by atoms with E-state index in [0.717, 1.165) is 22.3 Å². The van der Waals surface area contributed by atoms with Crippen LogP contribution in [0.4, 0.5) is 0 Å². The first kappa shape index (κ1) is 29.2. The number of rotatable bonds is 11. The standard InChI is InChI=1S/C31H35N3O5S/c1-21-10-9-11-22(2)29(21)39-18-27(35)33-25(16-23-12-5-3-6-13-23)28(36)31(38)34-20-40-19-26(34)30(37)32-17-24-14-7-4-8-15-24/h3-15,25-26,28,36H,16-20H2,1-2H3,(H,32,37)(H,33,35)/t25-,26-,28-/m0/s1. The lowest BCUT2D eigenvalue weighted by molar-refractivity contribution is -0.146. The fourth-order valence-corrected chi connectivity index (χ4v) is 5.81. The second kappa shape index (κ2) is 14.0. The summed E-state index contributed by atoms with van der Waals surface area (Å²) < 4.78 is 5.79. The summed E-state index contributed by atoms with van der Waals surface area (Å²) in [5, 5.41) is 16.9. The van der Waals surface area contributed by atoms with Gasteiger partial charge in [0.25, 0.3) is 11.8 Å². The summed E-state index contributed by atoms with van der Waals surface area (Å²) in [7, 11) is 0. The molecule has 1 aliphatic rings. The van der Waals surface area contributed by atoms with Gasteiger partial charge in [-0.25, -0.2) is 0 Å². The third-order valence-electron chi connectivity index (χ3n) is 6.81. The molecule has 3 aromatic rings. The molecule has 0 bridgehead atoms. The lowest BCUT2D eigenvalue weighted by atomic mass is 9.99. The largest absolute Gasteiger partial charge is 0.483 e. The summed E-state index contributed by atoms with van der Waals surface area (Å²) in [6.07, 6.45) is -1.32. The normalized spacial score (nSPS) is 16.2. The van der Waals surface area contributed by atoms with Crippen LogP contribution in [0, 0.1) is 13.8 Å². The number of hydrogen-bond acceptors (Lipinski definition) is 6. The van der Waals surface area contributed by atoms with Crippen LogP contribution in [0.1, 0.15) is 22.3 Å². The molecule has 1 saturated heterocycles. The van der Waals surface area contributed by atoms with E-state index in [1.807, 2.05) is 92.7 Å². The first-order chi connectivity index (χ1) is 19.3. The molecule has 1 heterocycles. The molecule has 0 saturated carbocycles. The van der Waals surface area contributed by atoms with Crippen molar-refractivity contribution in [2.75, 3.05) is 18.2 Å². The van der Waals surface area contributed by atoms with Crippen molar-refractivity contribution in [3.63, 3.8) is 0 Å². The van der Waals surface area contributed by atoms with Gasteiger partial charge in [-0.3, -0.25) is 14.4 Å². The van der Waals surface area contributed by atoms with Crippen LogP contribution in [-0.4, -0.2) is 64.2 Å². The second-order valence-electron chi connectivity index (χ2n) is 9.85. The first-order valence-electron chi connectivity index (χ1n) is 13.2. The number of nitrogens with zero attached hydrogens (tertiary/aromatic N) is 1. The van der Waals surface area contributed by atoms with Crippen LogP contribution in [0.3, 0.4) is 0 Å². The molecule has 210 valence electrons. The van der Waals surface area contributed by atoms with Crippen LogP contribution in [0.25, 0.3) is 0 Å². The molecule has 0 aliphatic carbocycles. The molecule has 1 fully saturated rings. The monoisotopic (exact) mass is 561 g/mol. The fraction of sp³-hybridized carbons (Fsp3) is 0.323. The zero-order valence-corrected chi connectivity index (χ0v) is 23.5. The number of carbonyl (C=O) groups excluding carboxylic acids is 3. The van der Waals surface area contributed by atoms with E-state index in [1.165, 1.54) is 16.7 Å². The highest BCUT2D eigenvalue weighted by molar-refractivity contribution is 7.99. The number of nitrogens with one attached hydrogen (secondary N) is 2. The maximum absolute atomic E-state index is 13.5. The summed E-state index contributed by atoms with van der Waals surface area (Å²) in [6, 6.07) is 23.0. The smallest absolute Gasteiger partial charge is 0.258 e. The molecule has 0 radical (unpaired) electrons. The van der Waals surface area contributed by atoms with Crippen molar-refractivity contribution in [3.05, 3.63) is 101 Å². The minimum Gasteiger partial charge on any atom is -0.483 e. The van der Waals surface area contributed by atoms with Gasteiger partial charge in [0.1, 0.15) is 11.8 Å². The number of carbonyl (C=O) groups is 3. The molecule has 1 aliphatic heterocycles. The summed E-state index contributed by atoms with van der Waals surface area (Å²) in [5.74, 6) is 0.0110. The minimum absolute atomic E-state index is 0.231. The Kier molecular flexibility index (Phi) is 10.2. The Balaban J connectivity index is 1.43. The molecular formula is C31H35N3O5S. The quantitative estimate of drug-likeness (QED) is 0.332. The Morgan fingerprint density at radius 1 is 0.950 bits per heavy atom. The van der Waals surface area contributed by atoms with Crippen LogP contribution in [0.15, 0.2) is 78.9 Å². The van der Waals surface area contributed by atoms with Crippen molar-refractivity contribution < 1.29 is 24.2 Å². The molecule has 0 spiro atoms. The molecule has 3 aromatic carbocycles. The molecule has 3 atom stereocenters. The van der Waals surface area contributed by atoms with Gasteiger partial charge in [-0.15, -0.1) is 11.8 Å². The van der Waals surface area contributed by atoms with Gasteiger partial charge in [0, 0.05) is 12.3 Å². The van der Waals surface area contributed by atoms with E-state index in [9.17, 15) is 19.5 Å². The molecule has 3 amide bonds. The van der Waals surface area contributed by atoms with Crippen LogP contribution in [0.5, 0.6) is 5.75 Å². The number of benzene rings is 3. The second-order valence-corrected chi connectivity index (χ2v) is 10.8. The number of aliphatic hydroxyl groups excluding tert-OH is 1. The van der Waals surface area contributed by atoms with Gasteiger partial charge >= 0.3 is 0 Å². The highest BCUT2D eigenvalue weighted by Gasteiger charge is 2.40. The number of para-hydroxylation sites is 1. The van der Waals surface area contributed by atoms with Gasteiger partial charge < -0.3 is 25.4 Å². The topological polar surface area (TPSA) is 108 Å². The van der Waals surface area contributed by atoms with Crippen molar-refractivity contribution in [2.45, 2.75) is 45.0 Å². The van der Waals surface area contributed by atoms with Gasteiger partial charge in [0.05, 0.1) is 11.9 Å². The van der Waals surface area contributed by atoms with Crippen LogP contribution in [-0.2, 0) is 27.3 Å². The van der Waals surface area contributed by atoms with Gasteiger partial charge in [0.15, 0.2) is 12.7 Å². The predicted octanol–water partition coefficient (Wildman–Crippen LogP) is 2.99. The fourth-order valence-electron chi connectivity index (χ4n) is 4.64. The highest BCUT2D eigenvalue weighted by atomic mass is 32.2. The lowest BCUT2D eigenvalue weighted by Crippen LogP contribution is -2.56. The average Bonchev–Trinajstić information content (AvgIpc) is 3.46. The number of hydrogen-bond donors (Lipinski definition) is 3. The zero-order valence-electron chi connectivity index (χ0n) is 22.7. The maximum Gasteiger partial charge on any atom is 0.258 e. The Morgan fingerprint density at radius 3 is 2.23 bits per heavy atom. The Bertz CT molecular complexity index is 1280. The molecule has 0 unspecified atom stereocenters. The first-order valence-corrected chi connectivity index (χ1v) is 14.4. The van der Waals surface area contributed by atoms with E-state index in [2.05, 4.69) is 10.6 Å². The number of ether oxygens (including phenoxy) is 1. The number of thioether (sulfide) groups is 1. The van der Waals surface area contributed by atoms with Crippen LogP contribution in [0.2, 0.25) is 0 Å². The Hall–Kier alpha value is -3.82. The number of amides is 3. The zero-order chi connectivity index (χ0) is 28.5. The summed E-state index contributed by atoms with van der Waals surface area (Å²) in [5.41, 5.74) is 3.62. The maximum atomic E-state index is 13.5. The molecule has 8 nitrogen and oxygen atoms in total. The van der Waals surface area contributed by atoms with Gasteiger partial charge in [-0.2, -0.15) is 0 Å². The molecule has 3 N–H and O–H groups in total. The van der Waals surface area contributed by atoms with E-state index < -0.39 is 30.0 Å². The number of aliphatic hydroxyl groups is 1. The van der Waals surface area contributed by atoms with Crippen molar-refractivity contribution in [1.29, 1.82) is 0 Å². The van der Waals surface area contributed by atoms with E-state index in [-0.39, 0.29) is 24.8 Å². The predicted molar refractivity (Wildman–Crippen MR) is 156 cm³/mol. The van der Waals surface area contributed by atoms with E-state index in [4.69, 9.17) is 4.74 Å². The van der Waals surface area contributed by atoms with Crippen molar-refractivity contribution in [1.82, 2.24) is 15.5 Å². The Labute approximate surface area is 239 Å². The van der Waals surface area contributed by atoms with E-state index in [0.29, 0.717) is 18.0 Å². The van der Waals surface area contributed by atoms with Crippen molar-refractivity contribution in [3.8, 4) is 5.75 Å². The molecule has 40 heavy (non-hydrogen) atoms. The van der Waals surface area contributed by atoms with E-state index >= 15 is 0 Å². The molecule has 4 rings (SSSR count).